The Balaban J connectivity index is 1.84. The van der Waals surface area contributed by atoms with Crippen LogP contribution >= 0.6 is 0 Å². The molecule has 2 heterocycles. The minimum Gasteiger partial charge on any atom is -0.457 e. The molecule has 100 valence electrons. The Labute approximate surface area is 112 Å². The van der Waals surface area contributed by atoms with E-state index >= 15 is 0 Å². The van der Waals surface area contributed by atoms with Gasteiger partial charge in [0.05, 0.1) is 18.8 Å². The SMILES string of the molecule is O=C1OCC(c2ccccc2)=C1CN1CCOCC1. The molecule has 0 saturated carbocycles. The van der Waals surface area contributed by atoms with Crippen molar-refractivity contribution in [1.29, 1.82) is 0 Å². The molecule has 4 heteroatoms. The van der Waals surface area contributed by atoms with Gasteiger partial charge in [-0.05, 0) is 5.56 Å². The van der Waals surface area contributed by atoms with E-state index in [-0.39, 0.29) is 5.97 Å². The van der Waals surface area contributed by atoms with E-state index in [9.17, 15) is 4.79 Å². The highest BCUT2D eigenvalue weighted by molar-refractivity contribution is 6.02. The van der Waals surface area contributed by atoms with Gasteiger partial charge in [-0.25, -0.2) is 4.79 Å². The van der Waals surface area contributed by atoms with Crippen molar-refractivity contribution in [2.45, 2.75) is 0 Å². The number of ether oxygens (including phenoxy) is 2. The van der Waals surface area contributed by atoms with Crippen molar-refractivity contribution in [2.75, 3.05) is 39.5 Å². The van der Waals surface area contributed by atoms with E-state index in [4.69, 9.17) is 9.47 Å². The zero-order valence-electron chi connectivity index (χ0n) is 10.8. The second kappa shape index (κ2) is 5.55. The summed E-state index contributed by atoms with van der Waals surface area (Å²) >= 11 is 0. The van der Waals surface area contributed by atoms with Crippen LogP contribution in [0.4, 0.5) is 0 Å². The summed E-state index contributed by atoms with van der Waals surface area (Å²) in [6.07, 6.45) is 0. The lowest BCUT2D eigenvalue weighted by atomic mass is 10.0. The Bertz CT molecular complexity index is 489. The van der Waals surface area contributed by atoms with Crippen LogP contribution < -0.4 is 0 Å². The summed E-state index contributed by atoms with van der Waals surface area (Å²) in [5, 5.41) is 0. The lowest BCUT2D eigenvalue weighted by molar-refractivity contribution is -0.136. The van der Waals surface area contributed by atoms with Crippen molar-refractivity contribution in [3.8, 4) is 0 Å². The van der Waals surface area contributed by atoms with Crippen LogP contribution in [-0.4, -0.2) is 50.3 Å². The highest BCUT2D eigenvalue weighted by atomic mass is 16.5. The molecule has 1 aromatic carbocycles. The van der Waals surface area contributed by atoms with Gasteiger partial charge in [0.1, 0.15) is 6.61 Å². The number of benzene rings is 1. The molecule has 0 unspecified atom stereocenters. The molecule has 0 aliphatic carbocycles. The molecule has 0 radical (unpaired) electrons. The summed E-state index contributed by atoms with van der Waals surface area (Å²) in [6, 6.07) is 9.99. The Hall–Kier alpha value is -1.65. The fourth-order valence-electron chi connectivity index (χ4n) is 2.47. The van der Waals surface area contributed by atoms with Crippen LogP contribution in [0.3, 0.4) is 0 Å². The molecule has 0 spiro atoms. The van der Waals surface area contributed by atoms with Gasteiger partial charge in [-0.3, -0.25) is 4.90 Å². The average molecular weight is 259 g/mol. The van der Waals surface area contributed by atoms with Gasteiger partial charge in [-0.15, -0.1) is 0 Å². The van der Waals surface area contributed by atoms with Crippen LogP contribution in [0.2, 0.25) is 0 Å². The molecule has 1 aromatic rings. The number of nitrogens with zero attached hydrogens (tertiary/aromatic N) is 1. The second-order valence-electron chi connectivity index (χ2n) is 4.79. The first-order valence-electron chi connectivity index (χ1n) is 6.59. The minimum atomic E-state index is -0.176. The third-order valence-electron chi connectivity index (χ3n) is 3.57. The van der Waals surface area contributed by atoms with Gasteiger partial charge < -0.3 is 9.47 Å². The number of carbonyl (C=O) groups is 1. The fraction of sp³-hybridized carbons (Fsp3) is 0.400. The maximum atomic E-state index is 11.9. The maximum absolute atomic E-state index is 11.9. The van der Waals surface area contributed by atoms with E-state index in [1.54, 1.807) is 0 Å². The number of carbonyl (C=O) groups excluding carboxylic acids is 1. The van der Waals surface area contributed by atoms with Crippen molar-refractivity contribution in [2.24, 2.45) is 0 Å². The third-order valence-corrected chi connectivity index (χ3v) is 3.57. The molecule has 1 fully saturated rings. The summed E-state index contributed by atoms with van der Waals surface area (Å²) in [7, 11) is 0. The summed E-state index contributed by atoms with van der Waals surface area (Å²) in [4.78, 5) is 14.1. The first kappa shape index (κ1) is 12.4. The monoisotopic (exact) mass is 259 g/mol. The molecule has 0 aromatic heterocycles. The highest BCUT2D eigenvalue weighted by Crippen LogP contribution is 2.26. The van der Waals surface area contributed by atoms with Crippen molar-refractivity contribution >= 4 is 11.5 Å². The number of morpholine rings is 1. The van der Waals surface area contributed by atoms with Gasteiger partial charge in [0, 0.05) is 25.2 Å². The normalized spacial score (nSPS) is 20.7. The summed E-state index contributed by atoms with van der Waals surface area (Å²) in [5.74, 6) is -0.176. The number of rotatable bonds is 3. The minimum absolute atomic E-state index is 0.176. The van der Waals surface area contributed by atoms with E-state index in [2.05, 4.69) is 4.90 Å². The molecule has 2 aliphatic heterocycles. The van der Waals surface area contributed by atoms with E-state index in [1.807, 2.05) is 30.3 Å². The maximum Gasteiger partial charge on any atom is 0.336 e. The number of esters is 1. The van der Waals surface area contributed by atoms with Crippen LogP contribution in [0, 0.1) is 0 Å². The first-order valence-corrected chi connectivity index (χ1v) is 6.59. The topological polar surface area (TPSA) is 38.8 Å². The van der Waals surface area contributed by atoms with Gasteiger partial charge >= 0.3 is 5.97 Å². The smallest absolute Gasteiger partial charge is 0.336 e. The lowest BCUT2D eigenvalue weighted by Crippen LogP contribution is -2.38. The van der Waals surface area contributed by atoms with E-state index in [0.29, 0.717) is 13.2 Å². The predicted octanol–water partition coefficient (Wildman–Crippen LogP) is 1.33. The molecule has 3 rings (SSSR count). The predicted molar refractivity (Wildman–Crippen MR) is 71.6 cm³/mol. The fourth-order valence-corrected chi connectivity index (χ4v) is 2.47. The summed E-state index contributed by atoms with van der Waals surface area (Å²) < 4.78 is 10.5. The molecular weight excluding hydrogens is 242 g/mol. The second-order valence-corrected chi connectivity index (χ2v) is 4.79. The molecule has 19 heavy (non-hydrogen) atoms. The van der Waals surface area contributed by atoms with E-state index in [0.717, 1.165) is 43.0 Å². The number of hydrogen-bond acceptors (Lipinski definition) is 4. The molecule has 0 bridgehead atoms. The standard InChI is InChI=1S/C15H17NO3/c17-15-13(10-16-6-8-18-9-7-16)14(11-19-15)12-4-2-1-3-5-12/h1-5H,6-11H2. The van der Waals surface area contributed by atoms with E-state index < -0.39 is 0 Å². The van der Waals surface area contributed by atoms with Crippen molar-refractivity contribution in [3.05, 3.63) is 41.5 Å². The van der Waals surface area contributed by atoms with E-state index in [1.165, 1.54) is 0 Å². The number of cyclic esters (lactones) is 1. The van der Waals surface area contributed by atoms with Gasteiger partial charge in [-0.2, -0.15) is 0 Å². The third kappa shape index (κ3) is 2.69. The quantitative estimate of drug-likeness (QED) is 0.768. The van der Waals surface area contributed by atoms with Crippen molar-refractivity contribution < 1.29 is 14.3 Å². The van der Waals surface area contributed by atoms with Crippen LogP contribution in [0.25, 0.3) is 5.57 Å². The van der Waals surface area contributed by atoms with Gasteiger partial charge in [-0.1, -0.05) is 30.3 Å². The van der Waals surface area contributed by atoms with Gasteiger partial charge in [0.15, 0.2) is 0 Å². The van der Waals surface area contributed by atoms with Crippen LogP contribution in [0.1, 0.15) is 5.56 Å². The van der Waals surface area contributed by atoms with Crippen LogP contribution in [0.5, 0.6) is 0 Å². The molecule has 0 atom stereocenters. The lowest BCUT2D eigenvalue weighted by Gasteiger charge is -2.26. The van der Waals surface area contributed by atoms with Crippen molar-refractivity contribution in [1.82, 2.24) is 4.90 Å². The Kier molecular flexibility index (Phi) is 3.62. The number of hydrogen-bond donors (Lipinski definition) is 0. The first-order chi connectivity index (χ1) is 9.34. The zero-order chi connectivity index (χ0) is 13.1. The molecular formula is C15H17NO3. The molecule has 0 amide bonds. The summed E-state index contributed by atoms with van der Waals surface area (Å²) in [6.45, 7) is 4.28. The van der Waals surface area contributed by atoms with Crippen molar-refractivity contribution in [3.63, 3.8) is 0 Å². The highest BCUT2D eigenvalue weighted by Gasteiger charge is 2.27. The van der Waals surface area contributed by atoms with Gasteiger partial charge in [0.25, 0.3) is 0 Å². The van der Waals surface area contributed by atoms with Gasteiger partial charge in [0.2, 0.25) is 0 Å². The Morgan fingerprint density at radius 3 is 2.58 bits per heavy atom. The Morgan fingerprint density at radius 2 is 1.84 bits per heavy atom. The zero-order valence-corrected chi connectivity index (χ0v) is 10.8. The molecule has 0 N–H and O–H groups in total. The largest absolute Gasteiger partial charge is 0.457 e. The van der Waals surface area contributed by atoms with Crippen LogP contribution in [-0.2, 0) is 14.3 Å². The molecule has 4 nitrogen and oxygen atoms in total. The molecule has 1 saturated heterocycles. The summed E-state index contributed by atoms with van der Waals surface area (Å²) in [5.41, 5.74) is 2.90. The average Bonchev–Trinajstić information content (AvgIpc) is 2.82. The van der Waals surface area contributed by atoms with Crippen LogP contribution in [0.15, 0.2) is 35.9 Å². The Morgan fingerprint density at radius 1 is 1.11 bits per heavy atom. The molecule has 2 aliphatic rings.